The Morgan fingerprint density at radius 3 is 1.70 bits per heavy atom. The van der Waals surface area contributed by atoms with Crippen molar-refractivity contribution in [2.24, 2.45) is 55.1 Å². The van der Waals surface area contributed by atoms with Gasteiger partial charge < -0.3 is 87.7 Å². The van der Waals surface area contributed by atoms with Crippen LogP contribution in [-0.4, -0.2) is 156 Å². The van der Waals surface area contributed by atoms with Crippen LogP contribution < -0.4 is 82.7 Å². The fourth-order valence-electron chi connectivity index (χ4n) is 8.00. The monoisotopic (exact) mass is 1140 g/mol. The Labute approximate surface area is 464 Å². The van der Waals surface area contributed by atoms with Crippen LogP contribution in [0.25, 0.3) is 10.9 Å². The molecule has 79 heavy (non-hydrogen) atoms. The second kappa shape index (κ2) is 32.5. The molecular formula is C49H73N19O9S2. The Morgan fingerprint density at radius 2 is 1.11 bits per heavy atom. The molecule has 1 aliphatic heterocycles. The van der Waals surface area contributed by atoms with E-state index in [1.165, 1.54) is 13.8 Å². The first-order chi connectivity index (χ1) is 37.6. The van der Waals surface area contributed by atoms with E-state index >= 15 is 0 Å². The van der Waals surface area contributed by atoms with Crippen LogP contribution in [0.1, 0.15) is 63.5 Å². The summed E-state index contributed by atoms with van der Waals surface area (Å²) in [5, 5.41) is 22.1. The lowest BCUT2D eigenvalue weighted by Crippen LogP contribution is -2.60. The zero-order valence-corrected chi connectivity index (χ0v) is 45.6. The maximum atomic E-state index is 14.6. The lowest BCUT2D eigenvalue weighted by atomic mass is 10.0. The smallest absolute Gasteiger partial charge is 0.244 e. The summed E-state index contributed by atoms with van der Waals surface area (Å²) < 4.78 is 0. The molecule has 28 nitrogen and oxygen atoms in total. The normalized spacial score (nSPS) is 21.5. The fourth-order valence-corrected chi connectivity index (χ4v) is 10.3. The summed E-state index contributed by atoms with van der Waals surface area (Å²) in [6.45, 7) is 2.76. The maximum Gasteiger partial charge on any atom is 0.244 e. The predicted octanol–water partition coefficient (Wildman–Crippen LogP) is -4.09. The van der Waals surface area contributed by atoms with Gasteiger partial charge in [-0.2, -0.15) is 0 Å². The first kappa shape index (κ1) is 63.3. The van der Waals surface area contributed by atoms with Gasteiger partial charge in [0, 0.05) is 68.0 Å². The molecule has 3 unspecified atom stereocenters. The second-order valence-electron chi connectivity index (χ2n) is 18.4. The number of nitrogens with one attached hydrogen (secondary N) is 9. The standard InChI is InChI=1S/C49H73N19O9S2/c1-26-40(71)63-33(16-9-19-58-48(53)54)42(73)65-35(21-28-11-4-3-5-12-28)44(75)64-34(17-10-20-59-49(55)56)43(74)66-36(22-29-23-60-31-14-7-6-13-30(29)31)45(76)67-37(39(50)70)24-78-79-25-38(46(77)61-26)68-41(72)32(62-27(2)69)15-8-18-57-47(51)52/h3-7,11-14,23,26,32-38,60H,8-10,15-22,24-25H2,1-2H3,(H2,50,70)(H,61,77)(H,62,69)(H,63,71)(H,64,75)(H,65,73)(H,66,74)(H,67,76)(H,68,72)(H4,51,52,57)(H4,53,54,58)(H4,55,56,59)/t26-,32+,33?,34+,35?,36+,37+,38?/m1/s1. The van der Waals surface area contributed by atoms with E-state index in [0.29, 0.717) is 11.1 Å². The van der Waals surface area contributed by atoms with Gasteiger partial charge in [0.05, 0.1) is 0 Å². The third-order valence-electron chi connectivity index (χ3n) is 12.0. The van der Waals surface area contributed by atoms with E-state index in [9.17, 15) is 43.2 Å². The van der Waals surface area contributed by atoms with Crippen LogP contribution in [-0.2, 0) is 56.0 Å². The zero-order valence-electron chi connectivity index (χ0n) is 44.0. The average molecular weight is 1140 g/mol. The van der Waals surface area contributed by atoms with Crippen molar-refractivity contribution >= 4 is 104 Å². The Kier molecular flexibility index (Phi) is 26.0. The predicted molar refractivity (Wildman–Crippen MR) is 303 cm³/mol. The summed E-state index contributed by atoms with van der Waals surface area (Å²) in [5.41, 5.74) is 40.9. The Morgan fingerprint density at radius 1 is 0.608 bits per heavy atom. The molecule has 0 saturated carbocycles. The van der Waals surface area contributed by atoms with Gasteiger partial charge in [-0.05, 0) is 62.6 Å². The number of aliphatic imine (C=N–C) groups is 3. The molecule has 0 aliphatic carbocycles. The fraction of sp³-hybridized carbons (Fsp3) is 0.469. The van der Waals surface area contributed by atoms with Gasteiger partial charge in [0.25, 0.3) is 0 Å². The number of fused-ring (bicyclic) bond motifs is 1. The molecule has 1 aliphatic rings. The lowest BCUT2D eigenvalue weighted by molar-refractivity contribution is -0.135. The lowest BCUT2D eigenvalue weighted by Gasteiger charge is -2.27. The second-order valence-corrected chi connectivity index (χ2v) is 21.0. The number of H-pyrrole nitrogens is 1. The van der Waals surface area contributed by atoms with Crippen molar-refractivity contribution in [3.63, 3.8) is 0 Å². The Bertz CT molecular complexity index is 2680. The number of primary amides is 1. The molecule has 1 aromatic heterocycles. The minimum atomic E-state index is -1.41. The number of hydrogen-bond donors (Lipinski definition) is 16. The van der Waals surface area contributed by atoms with Gasteiger partial charge in [0.2, 0.25) is 53.2 Å². The van der Waals surface area contributed by atoms with Gasteiger partial charge in [0.1, 0.15) is 48.3 Å². The molecule has 2 aromatic carbocycles. The molecule has 8 atom stereocenters. The molecule has 2 heterocycles. The van der Waals surface area contributed by atoms with Crippen LogP contribution in [0, 0.1) is 0 Å². The number of carbonyl (C=O) groups is 9. The molecule has 0 bridgehead atoms. The first-order valence-electron chi connectivity index (χ1n) is 25.3. The van der Waals surface area contributed by atoms with Crippen LogP contribution in [0.2, 0.25) is 0 Å². The largest absolute Gasteiger partial charge is 0.370 e. The van der Waals surface area contributed by atoms with Crippen molar-refractivity contribution in [2.45, 2.75) is 114 Å². The molecular weight excluding hydrogens is 1060 g/mol. The minimum absolute atomic E-state index is 0.0448. The summed E-state index contributed by atoms with van der Waals surface area (Å²) in [5.74, 6) is -8.27. The number of guanidine groups is 3. The van der Waals surface area contributed by atoms with E-state index < -0.39 is 101 Å². The molecule has 30 heteroatoms. The highest BCUT2D eigenvalue weighted by molar-refractivity contribution is 8.76. The minimum Gasteiger partial charge on any atom is -0.370 e. The summed E-state index contributed by atoms with van der Waals surface area (Å²) in [7, 11) is 2.00. The van der Waals surface area contributed by atoms with E-state index in [4.69, 9.17) is 40.1 Å². The quantitative estimate of drug-likeness (QED) is 0.0221. The third kappa shape index (κ3) is 22.3. The number of hydrogen-bond acceptors (Lipinski definition) is 14. The van der Waals surface area contributed by atoms with Crippen LogP contribution in [0.15, 0.2) is 75.8 Å². The third-order valence-corrected chi connectivity index (χ3v) is 14.5. The summed E-state index contributed by atoms with van der Waals surface area (Å²) in [4.78, 5) is 141. The van der Waals surface area contributed by atoms with Crippen molar-refractivity contribution in [2.75, 3.05) is 31.1 Å². The highest BCUT2D eigenvalue weighted by Crippen LogP contribution is 2.24. The van der Waals surface area contributed by atoms with Crippen molar-refractivity contribution < 1.29 is 43.2 Å². The number of nitrogens with two attached hydrogens (primary N) is 7. The van der Waals surface area contributed by atoms with Crippen molar-refractivity contribution in [1.82, 2.24) is 47.5 Å². The van der Waals surface area contributed by atoms with Crippen molar-refractivity contribution in [3.8, 4) is 0 Å². The zero-order chi connectivity index (χ0) is 58.0. The summed E-state index contributed by atoms with van der Waals surface area (Å²) in [6.07, 6.45) is 1.92. The molecule has 1 saturated heterocycles. The summed E-state index contributed by atoms with van der Waals surface area (Å²) in [6, 6.07) is 5.08. The average Bonchev–Trinajstić information content (AvgIpc) is 3.91. The van der Waals surface area contributed by atoms with Gasteiger partial charge in [-0.15, -0.1) is 0 Å². The van der Waals surface area contributed by atoms with Gasteiger partial charge in [-0.25, -0.2) is 0 Å². The maximum absolute atomic E-state index is 14.6. The summed E-state index contributed by atoms with van der Waals surface area (Å²) >= 11 is 0. The number of rotatable bonds is 20. The van der Waals surface area contributed by atoms with Crippen molar-refractivity contribution in [1.29, 1.82) is 0 Å². The number of nitrogens with zero attached hydrogens (tertiary/aromatic N) is 3. The van der Waals surface area contributed by atoms with E-state index in [2.05, 4.69) is 62.5 Å². The molecule has 9 amide bonds. The highest BCUT2D eigenvalue weighted by atomic mass is 33.1. The van der Waals surface area contributed by atoms with Crippen molar-refractivity contribution in [3.05, 3.63) is 71.9 Å². The van der Waals surface area contributed by atoms with E-state index in [0.717, 1.165) is 32.5 Å². The number of carbonyl (C=O) groups excluding carboxylic acids is 9. The first-order valence-corrected chi connectivity index (χ1v) is 27.8. The van der Waals surface area contributed by atoms with Gasteiger partial charge in [-0.3, -0.25) is 58.1 Å². The van der Waals surface area contributed by atoms with Gasteiger partial charge in [-0.1, -0.05) is 70.1 Å². The molecule has 430 valence electrons. The Balaban J connectivity index is 1.80. The SMILES string of the molecule is CC(=O)N[C@@H](CCCN=C(N)N)C(=O)NC1CSSC[C@@H](C(N)=O)NC(=O)[C@H](Cc2c[nH]c3ccccc23)NC(=O)[C@H](CCCN=C(N)N)NC(=O)C(Cc2ccccc2)NC(=O)C(CCCN=C(N)N)NC(=O)[C@@H](C)NC1=O. The Hall–Kier alpha value is -8.28. The van der Waals surface area contributed by atoms with Crippen LogP contribution in [0.5, 0.6) is 0 Å². The number of benzene rings is 2. The molecule has 4 rings (SSSR count). The van der Waals surface area contributed by atoms with Crippen LogP contribution in [0.3, 0.4) is 0 Å². The van der Waals surface area contributed by atoms with E-state index in [1.54, 1.807) is 42.6 Å². The highest BCUT2D eigenvalue weighted by Gasteiger charge is 2.35. The number of aromatic nitrogens is 1. The molecule has 23 N–H and O–H groups in total. The number of amides is 9. The topological polar surface area (TPSA) is 485 Å². The van der Waals surface area contributed by atoms with Crippen LogP contribution in [0.4, 0.5) is 0 Å². The molecule has 0 spiro atoms. The van der Waals surface area contributed by atoms with E-state index in [-0.39, 0.29) is 100 Å². The number of aromatic amines is 1. The van der Waals surface area contributed by atoms with Gasteiger partial charge >= 0.3 is 0 Å². The van der Waals surface area contributed by atoms with Gasteiger partial charge in [0.15, 0.2) is 17.9 Å². The molecule has 0 radical (unpaired) electrons. The molecule has 3 aromatic rings. The molecule has 1 fully saturated rings. The number of para-hydroxylation sites is 1. The van der Waals surface area contributed by atoms with E-state index in [1.807, 2.05) is 18.2 Å². The van der Waals surface area contributed by atoms with Crippen LogP contribution >= 0.6 is 21.6 Å².